The number of hydrogen-bond donors (Lipinski definition) is 2. The van der Waals surface area contributed by atoms with Crippen molar-refractivity contribution in [2.45, 2.75) is 12.5 Å². The van der Waals surface area contributed by atoms with E-state index in [0.29, 0.717) is 6.42 Å². The van der Waals surface area contributed by atoms with Gasteiger partial charge < -0.3 is 10.8 Å². The lowest BCUT2D eigenvalue weighted by Crippen LogP contribution is -2.32. The zero-order valence-electron chi connectivity index (χ0n) is 7.21. The molecule has 1 aromatic carbocycles. The molecule has 76 valence electrons. The van der Waals surface area contributed by atoms with Crippen LogP contribution in [-0.2, 0) is 11.2 Å². The Bertz CT molecular complexity index is 355. The van der Waals surface area contributed by atoms with Gasteiger partial charge in [-0.25, -0.2) is 0 Å². The number of aliphatic carboxylic acids is 1. The number of carboxylic acids is 1. The summed E-state index contributed by atoms with van der Waals surface area (Å²) in [4.78, 5) is 10.5. The maximum atomic E-state index is 10.5. The molecule has 1 aromatic rings. The van der Waals surface area contributed by atoms with Gasteiger partial charge in [-0.2, -0.15) is 0 Å². The summed E-state index contributed by atoms with van der Waals surface area (Å²) in [5, 5.41) is 8.65. The first-order valence-electron chi connectivity index (χ1n) is 3.93. The van der Waals surface area contributed by atoms with Crippen LogP contribution < -0.4 is 5.73 Å². The number of nitrogens with two attached hydrogens (primary N) is 1. The molecule has 0 heterocycles. The van der Waals surface area contributed by atoms with Crippen LogP contribution in [0.2, 0.25) is 0 Å². The first-order valence-corrected chi connectivity index (χ1v) is 5.52. The predicted octanol–water partition coefficient (Wildman–Crippen LogP) is 2.17. The molecule has 0 aliphatic carbocycles. The van der Waals surface area contributed by atoms with Crippen LogP contribution >= 0.6 is 31.9 Å². The first kappa shape index (κ1) is 11.7. The van der Waals surface area contributed by atoms with Crippen LogP contribution in [0, 0.1) is 0 Å². The molecule has 0 amide bonds. The number of halogens is 2. The molecule has 3 N–H and O–H groups in total. The summed E-state index contributed by atoms with van der Waals surface area (Å²) in [5.74, 6) is -0.989. The van der Waals surface area contributed by atoms with Crippen LogP contribution in [0.3, 0.4) is 0 Å². The lowest BCUT2D eigenvalue weighted by atomic mass is 10.1. The minimum Gasteiger partial charge on any atom is -0.480 e. The van der Waals surface area contributed by atoms with Gasteiger partial charge in [0.05, 0.1) is 0 Å². The number of carbonyl (C=O) groups is 1. The molecule has 0 spiro atoms. The molecule has 0 aromatic heterocycles. The minimum atomic E-state index is -0.989. The molecule has 0 saturated heterocycles. The van der Waals surface area contributed by atoms with Crippen molar-refractivity contribution in [2.24, 2.45) is 5.73 Å². The number of hydrogen-bond acceptors (Lipinski definition) is 2. The third-order valence-electron chi connectivity index (χ3n) is 1.79. The highest BCUT2D eigenvalue weighted by Gasteiger charge is 2.14. The van der Waals surface area contributed by atoms with Gasteiger partial charge in [-0.15, -0.1) is 0 Å². The smallest absolute Gasteiger partial charge is 0.320 e. The van der Waals surface area contributed by atoms with Gasteiger partial charge in [0, 0.05) is 8.95 Å². The fourth-order valence-corrected chi connectivity index (χ4v) is 1.86. The topological polar surface area (TPSA) is 63.3 Å². The Labute approximate surface area is 98.6 Å². The van der Waals surface area contributed by atoms with Gasteiger partial charge in [0.1, 0.15) is 6.04 Å². The molecule has 14 heavy (non-hydrogen) atoms. The lowest BCUT2D eigenvalue weighted by Gasteiger charge is -2.09. The molecule has 0 unspecified atom stereocenters. The summed E-state index contributed by atoms with van der Waals surface area (Å²) in [6.45, 7) is 0. The predicted molar refractivity (Wildman–Crippen MR) is 61.2 cm³/mol. The van der Waals surface area contributed by atoms with Crippen molar-refractivity contribution in [1.82, 2.24) is 0 Å². The summed E-state index contributed by atoms with van der Waals surface area (Å²) < 4.78 is 1.75. The molecule has 0 fully saturated rings. The summed E-state index contributed by atoms with van der Waals surface area (Å²) in [7, 11) is 0. The summed E-state index contributed by atoms with van der Waals surface area (Å²) in [6.07, 6.45) is 0.315. The van der Waals surface area contributed by atoms with Gasteiger partial charge in [-0.1, -0.05) is 12.1 Å². The van der Waals surface area contributed by atoms with Crippen molar-refractivity contribution in [1.29, 1.82) is 0 Å². The molecule has 5 heteroatoms. The van der Waals surface area contributed by atoms with Gasteiger partial charge in [0.15, 0.2) is 0 Å². The van der Waals surface area contributed by atoms with Gasteiger partial charge in [-0.05, 0) is 49.9 Å². The van der Waals surface area contributed by atoms with Crippen LogP contribution in [0.1, 0.15) is 5.56 Å². The van der Waals surface area contributed by atoms with E-state index in [-0.39, 0.29) is 0 Å². The van der Waals surface area contributed by atoms with E-state index in [1.54, 1.807) is 0 Å². The molecule has 0 saturated carbocycles. The van der Waals surface area contributed by atoms with E-state index < -0.39 is 12.0 Å². The highest BCUT2D eigenvalue weighted by atomic mass is 79.9. The van der Waals surface area contributed by atoms with E-state index in [4.69, 9.17) is 10.8 Å². The monoisotopic (exact) mass is 321 g/mol. The van der Waals surface area contributed by atoms with E-state index in [2.05, 4.69) is 31.9 Å². The summed E-state index contributed by atoms with van der Waals surface area (Å²) >= 11 is 6.70. The van der Waals surface area contributed by atoms with E-state index in [9.17, 15) is 4.79 Å². The Hall–Kier alpha value is -0.390. The number of rotatable bonds is 3. The fraction of sp³-hybridized carbons (Fsp3) is 0.222. The molecule has 0 bridgehead atoms. The quantitative estimate of drug-likeness (QED) is 0.896. The van der Waals surface area contributed by atoms with Crippen molar-refractivity contribution < 1.29 is 9.90 Å². The minimum absolute atomic E-state index is 0.315. The lowest BCUT2D eigenvalue weighted by molar-refractivity contribution is -0.138. The second-order valence-corrected chi connectivity index (χ2v) is 4.51. The molecule has 1 atom stereocenters. The Morgan fingerprint density at radius 3 is 2.71 bits per heavy atom. The van der Waals surface area contributed by atoms with Crippen LogP contribution in [0.15, 0.2) is 27.1 Å². The normalized spacial score (nSPS) is 12.5. The zero-order chi connectivity index (χ0) is 10.7. The molecule has 0 aliphatic rings. The Balaban J connectivity index is 2.87. The van der Waals surface area contributed by atoms with Crippen LogP contribution in [0.5, 0.6) is 0 Å². The Morgan fingerprint density at radius 2 is 2.14 bits per heavy atom. The van der Waals surface area contributed by atoms with E-state index >= 15 is 0 Å². The largest absolute Gasteiger partial charge is 0.480 e. The summed E-state index contributed by atoms with van der Waals surface area (Å²) in [6, 6.07) is 4.71. The van der Waals surface area contributed by atoms with Gasteiger partial charge >= 0.3 is 5.97 Å². The van der Waals surface area contributed by atoms with Crippen molar-refractivity contribution in [3.8, 4) is 0 Å². The van der Waals surface area contributed by atoms with Crippen molar-refractivity contribution in [3.63, 3.8) is 0 Å². The summed E-state index contributed by atoms with van der Waals surface area (Å²) in [5.41, 5.74) is 6.32. The highest BCUT2D eigenvalue weighted by Crippen LogP contribution is 2.27. The van der Waals surface area contributed by atoms with Crippen LogP contribution in [-0.4, -0.2) is 17.1 Å². The Morgan fingerprint density at radius 1 is 1.50 bits per heavy atom. The Kier molecular flexibility index (Phi) is 4.10. The van der Waals surface area contributed by atoms with Crippen LogP contribution in [0.4, 0.5) is 0 Å². The number of benzene rings is 1. The standard InChI is InChI=1S/C9H9Br2NO2/c10-6-3-1-2-5(8(6)11)4-7(12)9(13)14/h1-3,7H,4,12H2,(H,13,14)/t7-/m0/s1. The third kappa shape index (κ3) is 2.80. The van der Waals surface area contributed by atoms with Crippen LogP contribution in [0.25, 0.3) is 0 Å². The van der Waals surface area contributed by atoms with Crippen molar-refractivity contribution >= 4 is 37.8 Å². The second-order valence-electron chi connectivity index (χ2n) is 2.86. The van der Waals surface area contributed by atoms with Gasteiger partial charge in [-0.3, -0.25) is 4.79 Å². The molecule has 3 nitrogen and oxygen atoms in total. The van der Waals surface area contributed by atoms with E-state index in [0.717, 1.165) is 14.5 Å². The zero-order valence-corrected chi connectivity index (χ0v) is 10.4. The highest BCUT2D eigenvalue weighted by molar-refractivity contribution is 9.13. The fourth-order valence-electron chi connectivity index (χ4n) is 1.03. The molecule has 0 aliphatic heterocycles. The van der Waals surface area contributed by atoms with Crippen molar-refractivity contribution in [2.75, 3.05) is 0 Å². The second kappa shape index (κ2) is 4.91. The molecule has 1 rings (SSSR count). The SMILES string of the molecule is N[C@@H](Cc1cccc(Br)c1Br)C(=O)O. The molecular formula is C9H9Br2NO2. The molecule has 0 radical (unpaired) electrons. The van der Waals surface area contributed by atoms with Gasteiger partial charge in [0.2, 0.25) is 0 Å². The maximum Gasteiger partial charge on any atom is 0.320 e. The van der Waals surface area contributed by atoms with E-state index in [1.165, 1.54) is 0 Å². The average Bonchev–Trinajstić information content (AvgIpc) is 2.12. The maximum absolute atomic E-state index is 10.5. The van der Waals surface area contributed by atoms with E-state index in [1.807, 2.05) is 18.2 Å². The van der Waals surface area contributed by atoms with Crippen molar-refractivity contribution in [3.05, 3.63) is 32.7 Å². The first-order chi connectivity index (χ1) is 6.52. The molecular weight excluding hydrogens is 314 g/mol. The van der Waals surface area contributed by atoms with Gasteiger partial charge in [0.25, 0.3) is 0 Å². The number of carboxylic acid groups (broad SMARTS) is 1. The average molecular weight is 323 g/mol. The third-order valence-corrected chi connectivity index (χ3v) is 3.92.